The number of rotatable bonds is 7. The summed E-state index contributed by atoms with van der Waals surface area (Å²) in [5.41, 5.74) is 2.59. The predicted octanol–water partition coefficient (Wildman–Crippen LogP) is 4.52. The molecular weight excluding hydrogens is 465 g/mol. The molecule has 2 aromatic rings. The molecule has 0 aliphatic heterocycles. The van der Waals surface area contributed by atoms with E-state index in [1.165, 1.54) is 30.3 Å². The van der Waals surface area contributed by atoms with E-state index in [2.05, 4.69) is 16.1 Å². The van der Waals surface area contributed by atoms with Crippen molar-refractivity contribution in [3.8, 4) is 5.75 Å². The van der Waals surface area contributed by atoms with Crippen molar-refractivity contribution in [2.45, 2.75) is 49.4 Å². The van der Waals surface area contributed by atoms with Gasteiger partial charge < -0.3 is 10.1 Å². The number of hydrogen-bond donors (Lipinski definition) is 2. The number of alkyl halides is 3. The van der Waals surface area contributed by atoms with Crippen LogP contribution in [0.5, 0.6) is 5.75 Å². The summed E-state index contributed by atoms with van der Waals surface area (Å²) in [6, 6.07) is 11.7. The largest absolute Gasteiger partial charge is 0.497 e. The van der Waals surface area contributed by atoms with Crippen molar-refractivity contribution in [2.75, 3.05) is 27.7 Å². The predicted molar refractivity (Wildman–Crippen MR) is 128 cm³/mol. The van der Waals surface area contributed by atoms with Gasteiger partial charge in [0.1, 0.15) is 5.75 Å². The Hall–Kier alpha value is -2.10. The Kier molecular flexibility index (Phi) is 8.65. The maximum absolute atomic E-state index is 13.0. The zero-order valence-corrected chi connectivity index (χ0v) is 20.6. The molecule has 2 aromatic carbocycles. The average Bonchev–Trinajstić information content (AvgIpc) is 3.09. The molecule has 4 rings (SSSR count). The fourth-order valence-electron chi connectivity index (χ4n) is 4.64. The normalized spacial score (nSPS) is 20.2. The third kappa shape index (κ3) is 6.31. The van der Waals surface area contributed by atoms with Crippen LogP contribution >= 0.6 is 0 Å². The highest BCUT2D eigenvalue weighted by Gasteiger charge is 2.34. The van der Waals surface area contributed by atoms with Gasteiger partial charge in [0.25, 0.3) is 0 Å². The monoisotopic (exact) mass is 498 g/mol. The summed E-state index contributed by atoms with van der Waals surface area (Å²) in [5, 5.41) is 3.12. The van der Waals surface area contributed by atoms with E-state index in [1.807, 2.05) is 19.2 Å². The van der Waals surface area contributed by atoms with Gasteiger partial charge in [0.05, 0.1) is 17.9 Å². The molecule has 2 aliphatic rings. The molecule has 1 saturated carbocycles. The van der Waals surface area contributed by atoms with Crippen LogP contribution in [0.4, 0.5) is 13.2 Å². The number of sulfonamides is 1. The first-order chi connectivity index (χ1) is 16.1. The molecule has 0 saturated heterocycles. The van der Waals surface area contributed by atoms with E-state index < -0.39 is 21.8 Å². The lowest BCUT2D eigenvalue weighted by Gasteiger charge is -2.24. The highest BCUT2D eigenvalue weighted by atomic mass is 32.2. The van der Waals surface area contributed by atoms with E-state index in [4.69, 9.17) is 4.74 Å². The van der Waals surface area contributed by atoms with E-state index in [0.29, 0.717) is 12.3 Å². The maximum atomic E-state index is 13.0. The van der Waals surface area contributed by atoms with Crippen LogP contribution < -0.4 is 14.8 Å². The van der Waals surface area contributed by atoms with Crippen LogP contribution in [0.3, 0.4) is 0 Å². The van der Waals surface area contributed by atoms with Crippen LogP contribution in [0.1, 0.15) is 47.4 Å². The van der Waals surface area contributed by atoms with Crippen LogP contribution in [0, 0.1) is 5.92 Å². The van der Waals surface area contributed by atoms with Gasteiger partial charge in [-0.15, -0.1) is 0 Å². The van der Waals surface area contributed by atoms with Gasteiger partial charge in [-0.05, 0) is 93.0 Å². The first kappa shape index (κ1) is 26.5. The number of halogens is 3. The summed E-state index contributed by atoms with van der Waals surface area (Å²) in [5.74, 6) is 1.33. The van der Waals surface area contributed by atoms with Crippen molar-refractivity contribution in [3.63, 3.8) is 0 Å². The molecule has 34 heavy (non-hydrogen) atoms. The topological polar surface area (TPSA) is 67.4 Å². The van der Waals surface area contributed by atoms with E-state index in [-0.39, 0.29) is 11.2 Å². The minimum Gasteiger partial charge on any atom is -0.497 e. The van der Waals surface area contributed by atoms with Crippen LogP contribution in [-0.2, 0) is 29.0 Å². The number of hydrogen-bond acceptors (Lipinski definition) is 4. The highest BCUT2D eigenvalue weighted by molar-refractivity contribution is 7.90. The van der Waals surface area contributed by atoms with Crippen LogP contribution in [-0.4, -0.2) is 41.4 Å². The molecule has 2 atom stereocenters. The number of ether oxygens (including phenoxy) is 1. The molecule has 0 amide bonds. The lowest BCUT2D eigenvalue weighted by Crippen LogP contribution is -2.36. The van der Waals surface area contributed by atoms with Gasteiger partial charge in [0.15, 0.2) is 0 Å². The fourth-order valence-corrected chi connectivity index (χ4v) is 5.93. The van der Waals surface area contributed by atoms with Crippen LogP contribution in [0.25, 0.3) is 0 Å². The molecular formula is C25H33F3N2O3S. The summed E-state index contributed by atoms with van der Waals surface area (Å²) >= 11 is 0. The van der Waals surface area contributed by atoms with Crippen molar-refractivity contribution in [1.29, 1.82) is 0 Å². The molecule has 2 unspecified atom stereocenters. The molecule has 5 nitrogen and oxygen atoms in total. The van der Waals surface area contributed by atoms with Crippen molar-refractivity contribution < 1.29 is 26.3 Å². The van der Waals surface area contributed by atoms with Gasteiger partial charge in [-0.3, -0.25) is 0 Å². The Morgan fingerprint density at radius 1 is 1.09 bits per heavy atom. The molecule has 0 radical (unpaired) electrons. The van der Waals surface area contributed by atoms with Gasteiger partial charge in [-0.2, -0.15) is 13.2 Å². The Bertz CT molecular complexity index is 1070. The summed E-state index contributed by atoms with van der Waals surface area (Å²) in [7, 11) is 2.09. The molecule has 2 N–H and O–H groups in total. The van der Waals surface area contributed by atoms with E-state index in [9.17, 15) is 21.6 Å². The van der Waals surface area contributed by atoms with Crippen LogP contribution in [0.2, 0.25) is 0 Å². The molecule has 188 valence electrons. The van der Waals surface area contributed by atoms with E-state index in [1.54, 1.807) is 13.2 Å². The molecule has 1 fully saturated rings. The standard InChI is InChI=1S/C20H22F3NO.C5H11NO2S/c1-24-12-15-10-14-6-7-17(25-2)11-19(14)18(15)9-13-4-3-5-16(8-13)20(21,22)23;1-6-9(7,8)5-3-2-4-5/h3-8,11,15,18,24H,9-10,12H2,1-2H3;5-6H,2-4H2,1H3. The van der Waals surface area contributed by atoms with Crippen molar-refractivity contribution in [1.82, 2.24) is 10.0 Å². The Balaban J connectivity index is 0.000000302. The van der Waals surface area contributed by atoms with E-state index in [0.717, 1.165) is 49.6 Å². The molecule has 2 aliphatic carbocycles. The first-order valence-corrected chi connectivity index (χ1v) is 13.0. The molecule has 0 bridgehead atoms. The van der Waals surface area contributed by atoms with E-state index >= 15 is 0 Å². The lowest BCUT2D eigenvalue weighted by molar-refractivity contribution is -0.137. The second-order valence-corrected chi connectivity index (χ2v) is 11.1. The third-order valence-electron chi connectivity index (χ3n) is 6.76. The van der Waals surface area contributed by atoms with Gasteiger partial charge >= 0.3 is 6.18 Å². The Morgan fingerprint density at radius 3 is 2.35 bits per heavy atom. The minimum atomic E-state index is -4.31. The van der Waals surface area contributed by atoms with Crippen molar-refractivity contribution in [3.05, 3.63) is 64.7 Å². The minimum absolute atomic E-state index is 0.0949. The third-order valence-corrected chi connectivity index (χ3v) is 8.67. The zero-order chi connectivity index (χ0) is 24.9. The lowest BCUT2D eigenvalue weighted by atomic mass is 9.86. The average molecular weight is 499 g/mol. The van der Waals surface area contributed by atoms with Gasteiger partial charge in [-0.1, -0.05) is 30.7 Å². The molecule has 0 spiro atoms. The number of benzene rings is 2. The zero-order valence-electron chi connectivity index (χ0n) is 19.8. The second kappa shape index (κ2) is 11.1. The van der Waals surface area contributed by atoms with Gasteiger partial charge in [0.2, 0.25) is 10.0 Å². The molecule has 0 aromatic heterocycles. The number of fused-ring (bicyclic) bond motifs is 1. The van der Waals surface area contributed by atoms with Gasteiger partial charge in [-0.25, -0.2) is 13.1 Å². The second-order valence-electron chi connectivity index (χ2n) is 8.90. The summed E-state index contributed by atoms with van der Waals surface area (Å²) < 4.78 is 68.4. The van der Waals surface area contributed by atoms with Crippen LogP contribution in [0.15, 0.2) is 42.5 Å². The smallest absolute Gasteiger partial charge is 0.416 e. The maximum Gasteiger partial charge on any atom is 0.416 e. The van der Waals surface area contributed by atoms with Crippen molar-refractivity contribution >= 4 is 10.0 Å². The Labute approximate surface area is 200 Å². The summed E-state index contributed by atoms with van der Waals surface area (Å²) in [4.78, 5) is 0. The SMILES string of the molecule is CNCC1Cc2ccc(OC)cc2C1Cc1cccc(C(F)(F)F)c1.CNS(=O)(=O)C1CCC1. The quantitative estimate of drug-likeness (QED) is 0.589. The van der Waals surface area contributed by atoms with Gasteiger partial charge in [0, 0.05) is 0 Å². The summed E-state index contributed by atoms with van der Waals surface area (Å²) in [6.45, 7) is 0.834. The Morgan fingerprint density at radius 2 is 1.82 bits per heavy atom. The van der Waals surface area contributed by atoms with Crippen molar-refractivity contribution in [2.24, 2.45) is 5.92 Å². The highest BCUT2D eigenvalue weighted by Crippen LogP contribution is 2.42. The first-order valence-electron chi connectivity index (χ1n) is 11.5. The number of nitrogens with one attached hydrogen (secondary N) is 2. The molecule has 0 heterocycles. The fraction of sp³-hybridized carbons (Fsp3) is 0.520. The summed E-state index contributed by atoms with van der Waals surface area (Å²) in [6.07, 6.45) is -0.0463. The number of methoxy groups -OCH3 is 1. The molecule has 9 heteroatoms.